The maximum absolute atomic E-state index is 12.4. The van der Waals surface area contributed by atoms with Gasteiger partial charge >= 0.3 is 6.01 Å². The fourth-order valence-electron chi connectivity index (χ4n) is 2.11. The highest BCUT2D eigenvalue weighted by molar-refractivity contribution is 5.82. The first-order chi connectivity index (χ1) is 11.7. The van der Waals surface area contributed by atoms with Gasteiger partial charge < -0.3 is 14.2 Å². The lowest BCUT2D eigenvalue weighted by Crippen LogP contribution is -2.14. The molecule has 0 aliphatic carbocycles. The van der Waals surface area contributed by atoms with Crippen LogP contribution in [0.1, 0.15) is 31.0 Å². The molecule has 24 heavy (non-hydrogen) atoms. The molecule has 0 amide bonds. The van der Waals surface area contributed by atoms with Crippen molar-refractivity contribution >= 4 is 5.91 Å². The third-order valence-corrected chi connectivity index (χ3v) is 3.43. The summed E-state index contributed by atoms with van der Waals surface area (Å²) in [7, 11) is 3.19. The van der Waals surface area contributed by atoms with Crippen LogP contribution in [0.25, 0.3) is 11.4 Å². The van der Waals surface area contributed by atoms with E-state index in [9.17, 15) is 4.79 Å². The van der Waals surface area contributed by atoms with E-state index in [2.05, 4.69) is 10.1 Å². The molecule has 0 bridgehead atoms. The molecule has 0 unspecified atom stereocenters. The van der Waals surface area contributed by atoms with Gasteiger partial charge in [-0.05, 0) is 30.7 Å². The number of benzene rings is 1. The number of rotatable bonds is 9. The molecule has 7 nitrogen and oxygen atoms in total. The van der Waals surface area contributed by atoms with E-state index in [1.54, 1.807) is 14.2 Å². The van der Waals surface area contributed by atoms with E-state index >= 15 is 0 Å². The number of aromatic nitrogens is 3. The summed E-state index contributed by atoms with van der Waals surface area (Å²) in [6.45, 7) is 2.79. The van der Waals surface area contributed by atoms with Crippen LogP contribution in [0.3, 0.4) is 0 Å². The zero-order chi connectivity index (χ0) is 17.4. The molecule has 0 spiro atoms. The van der Waals surface area contributed by atoms with Crippen LogP contribution in [0.15, 0.2) is 24.3 Å². The Morgan fingerprint density at radius 3 is 2.54 bits per heavy atom. The molecule has 130 valence electrons. The van der Waals surface area contributed by atoms with Crippen molar-refractivity contribution in [1.82, 2.24) is 14.8 Å². The van der Waals surface area contributed by atoms with Crippen molar-refractivity contribution in [2.24, 2.45) is 0 Å². The molecule has 1 aromatic heterocycles. The summed E-state index contributed by atoms with van der Waals surface area (Å²) in [5.41, 5.74) is 0.773. The fourth-order valence-corrected chi connectivity index (χ4v) is 2.11. The summed E-state index contributed by atoms with van der Waals surface area (Å²) in [6.07, 6.45) is 2.16. The number of ether oxygens (including phenoxy) is 3. The van der Waals surface area contributed by atoms with Crippen LogP contribution >= 0.6 is 0 Å². The molecule has 0 aliphatic heterocycles. The standard InChI is InChI=1S/C17H23N3O4/c1-4-5-6-15(21)20-16(13-7-9-14(23-3)10-8-13)18-17(19-20)24-12-11-22-2/h7-10H,4-6,11-12H2,1-3H3. The van der Waals surface area contributed by atoms with Gasteiger partial charge in [-0.1, -0.05) is 13.3 Å². The zero-order valence-corrected chi connectivity index (χ0v) is 14.3. The number of carbonyl (C=O) groups excluding carboxylic acids is 1. The molecular formula is C17H23N3O4. The van der Waals surface area contributed by atoms with Crippen molar-refractivity contribution in [3.63, 3.8) is 0 Å². The second kappa shape index (κ2) is 9.02. The van der Waals surface area contributed by atoms with Crippen LogP contribution in [0.2, 0.25) is 0 Å². The maximum Gasteiger partial charge on any atom is 0.336 e. The molecule has 0 saturated heterocycles. The van der Waals surface area contributed by atoms with Gasteiger partial charge in [0.1, 0.15) is 12.4 Å². The van der Waals surface area contributed by atoms with Gasteiger partial charge in [-0.15, -0.1) is 5.10 Å². The van der Waals surface area contributed by atoms with Gasteiger partial charge in [0.25, 0.3) is 0 Å². The van der Waals surface area contributed by atoms with E-state index in [0.717, 1.165) is 24.2 Å². The van der Waals surface area contributed by atoms with E-state index in [-0.39, 0.29) is 11.9 Å². The molecule has 0 aliphatic rings. The summed E-state index contributed by atoms with van der Waals surface area (Å²) < 4.78 is 16.9. The second-order valence-corrected chi connectivity index (χ2v) is 5.20. The van der Waals surface area contributed by atoms with Gasteiger partial charge in [0.05, 0.1) is 13.7 Å². The first kappa shape index (κ1) is 17.9. The highest BCUT2D eigenvalue weighted by Crippen LogP contribution is 2.23. The van der Waals surface area contributed by atoms with Crippen molar-refractivity contribution in [1.29, 1.82) is 0 Å². The van der Waals surface area contributed by atoms with Crippen LogP contribution in [0, 0.1) is 0 Å². The second-order valence-electron chi connectivity index (χ2n) is 5.20. The highest BCUT2D eigenvalue weighted by atomic mass is 16.5. The average Bonchev–Trinajstić information content (AvgIpc) is 3.04. The van der Waals surface area contributed by atoms with Gasteiger partial charge in [-0.3, -0.25) is 4.79 Å². The summed E-state index contributed by atoms with van der Waals surface area (Å²) >= 11 is 0. The minimum absolute atomic E-state index is 0.100. The molecule has 1 heterocycles. The van der Waals surface area contributed by atoms with Gasteiger partial charge in [0, 0.05) is 19.1 Å². The molecule has 2 aromatic rings. The summed E-state index contributed by atoms with van der Waals surface area (Å²) in [5, 5.41) is 4.20. The molecule has 0 saturated carbocycles. The maximum atomic E-state index is 12.4. The normalized spacial score (nSPS) is 10.6. The highest BCUT2D eigenvalue weighted by Gasteiger charge is 2.18. The summed E-state index contributed by atoms with van der Waals surface area (Å²) in [6, 6.07) is 7.48. The quantitative estimate of drug-likeness (QED) is 0.657. The van der Waals surface area contributed by atoms with Gasteiger partial charge in [0.2, 0.25) is 5.91 Å². The number of unbranched alkanes of at least 4 members (excludes halogenated alkanes) is 1. The Labute approximate surface area is 141 Å². The predicted octanol–water partition coefficient (Wildman–Crippen LogP) is 2.81. The van der Waals surface area contributed by atoms with Crippen molar-refractivity contribution in [3.05, 3.63) is 24.3 Å². The van der Waals surface area contributed by atoms with Crippen molar-refractivity contribution in [2.45, 2.75) is 26.2 Å². The minimum Gasteiger partial charge on any atom is -0.497 e. The minimum atomic E-state index is -0.100. The van der Waals surface area contributed by atoms with Crippen LogP contribution in [-0.2, 0) is 4.74 Å². The Kier molecular flexibility index (Phi) is 6.74. The fraction of sp³-hybridized carbons (Fsp3) is 0.471. The number of carbonyl (C=O) groups is 1. The molecule has 7 heteroatoms. The zero-order valence-electron chi connectivity index (χ0n) is 14.3. The lowest BCUT2D eigenvalue weighted by molar-refractivity contribution is 0.0882. The van der Waals surface area contributed by atoms with E-state index in [0.29, 0.717) is 25.5 Å². The van der Waals surface area contributed by atoms with Crippen LogP contribution in [-0.4, -0.2) is 48.1 Å². The first-order valence-corrected chi connectivity index (χ1v) is 7.96. The molecular weight excluding hydrogens is 310 g/mol. The van der Waals surface area contributed by atoms with Gasteiger partial charge in [-0.25, -0.2) is 0 Å². The first-order valence-electron chi connectivity index (χ1n) is 7.96. The third kappa shape index (κ3) is 4.55. The molecule has 1 aromatic carbocycles. The SMILES string of the molecule is CCCCC(=O)n1nc(OCCOC)nc1-c1ccc(OC)cc1. The lowest BCUT2D eigenvalue weighted by atomic mass is 10.2. The molecule has 2 rings (SSSR count). The number of hydrogen-bond donors (Lipinski definition) is 0. The largest absolute Gasteiger partial charge is 0.497 e. The molecule has 0 fully saturated rings. The van der Waals surface area contributed by atoms with E-state index in [4.69, 9.17) is 14.2 Å². The Hall–Kier alpha value is -2.41. The third-order valence-electron chi connectivity index (χ3n) is 3.43. The van der Waals surface area contributed by atoms with Crippen molar-refractivity contribution < 1.29 is 19.0 Å². The smallest absolute Gasteiger partial charge is 0.336 e. The lowest BCUT2D eigenvalue weighted by Gasteiger charge is -2.05. The van der Waals surface area contributed by atoms with Gasteiger partial charge in [0.15, 0.2) is 5.82 Å². The summed E-state index contributed by atoms with van der Waals surface area (Å²) in [5.74, 6) is 1.10. The van der Waals surface area contributed by atoms with Crippen LogP contribution < -0.4 is 9.47 Å². The number of hydrogen-bond acceptors (Lipinski definition) is 6. The van der Waals surface area contributed by atoms with Crippen molar-refractivity contribution in [2.75, 3.05) is 27.4 Å². The van der Waals surface area contributed by atoms with E-state index in [1.165, 1.54) is 4.68 Å². The molecule has 0 radical (unpaired) electrons. The van der Waals surface area contributed by atoms with Crippen LogP contribution in [0.4, 0.5) is 0 Å². The number of methoxy groups -OCH3 is 2. The molecule has 0 atom stereocenters. The summed E-state index contributed by atoms with van der Waals surface area (Å²) in [4.78, 5) is 16.8. The average molecular weight is 333 g/mol. The Bertz CT molecular complexity index is 652. The predicted molar refractivity (Wildman–Crippen MR) is 89.5 cm³/mol. The molecule has 0 N–H and O–H groups in total. The topological polar surface area (TPSA) is 75.5 Å². The number of nitrogens with zero attached hydrogens (tertiary/aromatic N) is 3. The van der Waals surface area contributed by atoms with Crippen molar-refractivity contribution in [3.8, 4) is 23.1 Å². The van der Waals surface area contributed by atoms with E-state index < -0.39 is 0 Å². The Morgan fingerprint density at radius 2 is 1.92 bits per heavy atom. The van der Waals surface area contributed by atoms with E-state index in [1.807, 2.05) is 31.2 Å². The van der Waals surface area contributed by atoms with Gasteiger partial charge in [-0.2, -0.15) is 9.67 Å². The Balaban J connectivity index is 2.29. The monoisotopic (exact) mass is 333 g/mol. The Morgan fingerprint density at radius 1 is 1.17 bits per heavy atom. The van der Waals surface area contributed by atoms with Crippen LogP contribution in [0.5, 0.6) is 11.8 Å².